The molecule has 1 N–H and O–H groups in total. The molecule has 1 aliphatic heterocycles. The number of hydrogen-bond donors (Lipinski definition) is 1. The fraction of sp³-hybridized carbons (Fsp3) is 0.375. The molecule has 0 spiro atoms. The van der Waals surface area contributed by atoms with Gasteiger partial charge in [0.25, 0.3) is 6.01 Å². The summed E-state index contributed by atoms with van der Waals surface area (Å²) in [6, 6.07) is 5.42. The summed E-state index contributed by atoms with van der Waals surface area (Å²) in [7, 11) is 0. The van der Waals surface area contributed by atoms with Crippen LogP contribution in [0.2, 0.25) is 0 Å². The van der Waals surface area contributed by atoms with Crippen LogP contribution >= 0.6 is 11.3 Å². The monoisotopic (exact) mass is 332 g/mol. The molecule has 1 fully saturated rings. The number of anilines is 2. The van der Waals surface area contributed by atoms with E-state index in [-0.39, 0.29) is 5.82 Å². The molecule has 4 rings (SSSR count). The third kappa shape index (κ3) is 3.01. The van der Waals surface area contributed by atoms with Crippen molar-refractivity contribution in [1.29, 1.82) is 0 Å². The maximum Gasteiger partial charge on any atom is 0.298 e. The Morgan fingerprint density at radius 3 is 2.87 bits per heavy atom. The summed E-state index contributed by atoms with van der Waals surface area (Å²) in [6.45, 7) is 3.72. The second-order valence-corrected chi connectivity index (χ2v) is 6.67. The summed E-state index contributed by atoms with van der Waals surface area (Å²) >= 11 is 1.64. The van der Waals surface area contributed by atoms with Crippen molar-refractivity contribution >= 4 is 33.6 Å². The van der Waals surface area contributed by atoms with Crippen molar-refractivity contribution in [2.45, 2.75) is 25.8 Å². The normalized spacial score (nSPS) is 16.2. The van der Waals surface area contributed by atoms with E-state index in [2.05, 4.69) is 25.6 Å². The minimum Gasteiger partial charge on any atom is -0.423 e. The number of halogens is 1. The molecule has 0 bridgehead atoms. The van der Waals surface area contributed by atoms with Crippen LogP contribution in [0.1, 0.15) is 18.5 Å². The minimum atomic E-state index is -0.293. The summed E-state index contributed by atoms with van der Waals surface area (Å²) in [4.78, 5) is 11.0. The molecule has 0 amide bonds. The van der Waals surface area contributed by atoms with Crippen LogP contribution in [-0.4, -0.2) is 29.1 Å². The first kappa shape index (κ1) is 14.4. The third-order valence-corrected chi connectivity index (χ3v) is 4.94. The number of aromatic nitrogens is 2. The average Bonchev–Trinajstić information content (AvgIpc) is 3.14. The largest absolute Gasteiger partial charge is 0.423 e. The van der Waals surface area contributed by atoms with Crippen molar-refractivity contribution in [3.8, 4) is 0 Å². The lowest BCUT2D eigenvalue weighted by molar-refractivity contribution is 0.482. The number of hydrogen-bond acceptors (Lipinski definition) is 6. The topological polar surface area (TPSA) is 54.2 Å². The zero-order chi connectivity index (χ0) is 15.8. The van der Waals surface area contributed by atoms with Crippen LogP contribution < -0.4 is 10.2 Å². The predicted molar refractivity (Wildman–Crippen MR) is 89.7 cm³/mol. The van der Waals surface area contributed by atoms with E-state index in [4.69, 9.17) is 4.42 Å². The maximum absolute atomic E-state index is 13.2. The van der Waals surface area contributed by atoms with Gasteiger partial charge in [-0.2, -0.15) is 4.98 Å². The van der Waals surface area contributed by atoms with Gasteiger partial charge in [0.05, 0.1) is 5.69 Å². The predicted octanol–water partition coefficient (Wildman–Crippen LogP) is 3.81. The number of fused-ring (bicyclic) bond motifs is 1. The Morgan fingerprint density at radius 1 is 1.30 bits per heavy atom. The summed E-state index contributed by atoms with van der Waals surface area (Å²) in [5.74, 6) is -0.293. The molecule has 2 aromatic heterocycles. The van der Waals surface area contributed by atoms with Gasteiger partial charge in [-0.05, 0) is 31.9 Å². The van der Waals surface area contributed by atoms with Gasteiger partial charge in [0.1, 0.15) is 11.3 Å². The van der Waals surface area contributed by atoms with Gasteiger partial charge in [-0.3, -0.25) is 0 Å². The quantitative estimate of drug-likeness (QED) is 0.790. The molecule has 1 aliphatic rings. The van der Waals surface area contributed by atoms with Gasteiger partial charge in [0, 0.05) is 30.6 Å². The number of piperidine rings is 1. The molecule has 0 saturated carbocycles. The van der Waals surface area contributed by atoms with Crippen LogP contribution in [0.4, 0.5) is 15.5 Å². The van der Waals surface area contributed by atoms with Crippen molar-refractivity contribution in [2.75, 3.05) is 23.3 Å². The molecule has 7 heteroatoms. The van der Waals surface area contributed by atoms with Crippen molar-refractivity contribution < 1.29 is 8.81 Å². The van der Waals surface area contributed by atoms with Crippen LogP contribution in [0.5, 0.6) is 0 Å². The van der Waals surface area contributed by atoms with Crippen molar-refractivity contribution in [2.24, 2.45) is 0 Å². The van der Waals surface area contributed by atoms with E-state index in [1.165, 1.54) is 12.1 Å². The Balaban J connectivity index is 1.42. The fourth-order valence-electron chi connectivity index (χ4n) is 2.83. The molecule has 3 heterocycles. The van der Waals surface area contributed by atoms with Crippen molar-refractivity contribution in [1.82, 2.24) is 9.97 Å². The molecule has 1 aromatic carbocycles. The molecule has 120 valence electrons. The lowest BCUT2D eigenvalue weighted by Crippen LogP contribution is -2.39. The first-order valence-corrected chi connectivity index (χ1v) is 8.55. The van der Waals surface area contributed by atoms with Gasteiger partial charge in [-0.1, -0.05) is 0 Å². The number of aryl methyl sites for hydroxylation is 1. The smallest absolute Gasteiger partial charge is 0.298 e. The molecule has 0 radical (unpaired) electrons. The molecule has 0 unspecified atom stereocenters. The van der Waals surface area contributed by atoms with Crippen LogP contribution in [-0.2, 0) is 0 Å². The summed E-state index contributed by atoms with van der Waals surface area (Å²) in [6.07, 6.45) is 1.98. The SMILES string of the molecule is Cc1csc(NC2CCN(c3nc4cc(F)ccc4o3)CC2)n1. The van der Waals surface area contributed by atoms with Gasteiger partial charge in [0.2, 0.25) is 0 Å². The van der Waals surface area contributed by atoms with Gasteiger partial charge in [-0.25, -0.2) is 9.37 Å². The van der Waals surface area contributed by atoms with Gasteiger partial charge >= 0.3 is 0 Å². The second kappa shape index (κ2) is 5.81. The molecule has 3 aromatic rings. The van der Waals surface area contributed by atoms with Gasteiger partial charge in [0.15, 0.2) is 10.7 Å². The standard InChI is InChI=1S/C16H17FN4OS/c1-10-9-23-15(18-10)19-12-4-6-21(7-5-12)16-20-13-8-11(17)2-3-14(13)22-16/h2-3,8-9,12H,4-7H2,1H3,(H,18,19). The Hall–Kier alpha value is -2.15. The molecule has 0 atom stereocenters. The molecular formula is C16H17FN4OS. The molecular weight excluding hydrogens is 315 g/mol. The lowest BCUT2D eigenvalue weighted by atomic mass is 10.1. The lowest BCUT2D eigenvalue weighted by Gasteiger charge is -2.31. The highest BCUT2D eigenvalue weighted by Crippen LogP contribution is 2.26. The van der Waals surface area contributed by atoms with Crippen LogP contribution in [0.3, 0.4) is 0 Å². The molecule has 23 heavy (non-hydrogen) atoms. The zero-order valence-electron chi connectivity index (χ0n) is 12.8. The van der Waals surface area contributed by atoms with Gasteiger partial charge in [-0.15, -0.1) is 11.3 Å². The zero-order valence-corrected chi connectivity index (χ0v) is 13.6. The van der Waals surface area contributed by atoms with E-state index in [1.807, 2.05) is 6.92 Å². The van der Waals surface area contributed by atoms with Crippen molar-refractivity contribution in [3.63, 3.8) is 0 Å². The van der Waals surface area contributed by atoms with Crippen LogP contribution in [0, 0.1) is 12.7 Å². The molecule has 5 nitrogen and oxygen atoms in total. The maximum atomic E-state index is 13.2. The summed E-state index contributed by atoms with van der Waals surface area (Å²) in [5, 5.41) is 6.52. The summed E-state index contributed by atoms with van der Waals surface area (Å²) < 4.78 is 19.0. The van der Waals surface area contributed by atoms with E-state index in [0.29, 0.717) is 23.2 Å². The number of rotatable bonds is 3. The molecule has 0 aliphatic carbocycles. The first-order valence-electron chi connectivity index (χ1n) is 7.67. The highest BCUT2D eigenvalue weighted by Gasteiger charge is 2.23. The molecule has 1 saturated heterocycles. The number of oxazole rings is 1. The first-order chi connectivity index (χ1) is 11.2. The van der Waals surface area contributed by atoms with Crippen LogP contribution in [0.25, 0.3) is 11.1 Å². The number of benzene rings is 1. The Morgan fingerprint density at radius 2 is 2.13 bits per heavy atom. The Kier molecular flexibility index (Phi) is 3.65. The third-order valence-electron chi connectivity index (χ3n) is 4.05. The minimum absolute atomic E-state index is 0.293. The van der Waals surface area contributed by atoms with Gasteiger partial charge < -0.3 is 14.6 Å². The number of thiazole rings is 1. The van der Waals surface area contributed by atoms with E-state index in [9.17, 15) is 4.39 Å². The number of nitrogens with one attached hydrogen (secondary N) is 1. The average molecular weight is 332 g/mol. The van der Waals surface area contributed by atoms with Crippen LogP contribution in [0.15, 0.2) is 28.0 Å². The van der Waals surface area contributed by atoms with E-state index < -0.39 is 0 Å². The Bertz CT molecular complexity index is 822. The second-order valence-electron chi connectivity index (χ2n) is 5.81. The Labute approximate surface area is 137 Å². The van der Waals surface area contributed by atoms with E-state index >= 15 is 0 Å². The van der Waals surface area contributed by atoms with E-state index in [0.717, 1.165) is 36.8 Å². The highest BCUT2D eigenvalue weighted by atomic mass is 32.1. The summed E-state index contributed by atoms with van der Waals surface area (Å²) in [5.41, 5.74) is 2.24. The van der Waals surface area contributed by atoms with E-state index in [1.54, 1.807) is 17.4 Å². The number of nitrogens with zero attached hydrogens (tertiary/aromatic N) is 3. The highest BCUT2D eigenvalue weighted by molar-refractivity contribution is 7.13. The van der Waals surface area contributed by atoms with Crippen molar-refractivity contribution in [3.05, 3.63) is 35.1 Å². The fourth-order valence-corrected chi connectivity index (χ4v) is 3.60.